The van der Waals surface area contributed by atoms with Gasteiger partial charge in [0.25, 0.3) is 10.0 Å². The molecular formula is C15H26N2O2S2. The SMILES string of the molecule is CC(C)CN(C1CCCC1)S(=O)(=O)c1ccc(CCN)s1. The Labute approximate surface area is 132 Å². The van der Waals surface area contributed by atoms with Crippen molar-refractivity contribution < 1.29 is 8.42 Å². The summed E-state index contributed by atoms with van der Waals surface area (Å²) in [7, 11) is -3.37. The van der Waals surface area contributed by atoms with Crippen LogP contribution in [0.3, 0.4) is 0 Å². The maximum atomic E-state index is 13.0. The van der Waals surface area contributed by atoms with Crippen molar-refractivity contribution in [2.45, 2.75) is 56.2 Å². The summed E-state index contributed by atoms with van der Waals surface area (Å²) < 4.78 is 28.2. The lowest BCUT2D eigenvalue weighted by Crippen LogP contribution is -2.40. The monoisotopic (exact) mass is 330 g/mol. The molecule has 1 aromatic heterocycles. The maximum absolute atomic E-state index is 13.0. The number of nitrogens with zero attached hydrogens (tertiary/aromatic N) is 1. The van der Waals surface area contributed by atoms with Crippen LogP contribution in [-0.2, 0) is 16.4 Å². The van der Waals surface area contributed by atoms with Gasteiger partial charge >= 0.3 is 0 Å². The predicted octanol–water partition coefficient (Wildman–Crippen LogP) is 2.84. The molecule has 0 unspecified atom stereocenters. The van der Waals surface area contributed by atoms with E-state index in [0.29, 0.717) is 23.2 Å². The van der Waals surface area contributed by atoms with Crippen molar-refractivity contribution in [2.24, 2.45) is 11.7 Å². The first kappa shape index (κ1) is 16.9. The third kappa shape index (κ3) is 4.06. The minimum absolute atomic E-state index is 0.178. The smallest absolute Gasteiger partial charge is 0.252 e. The summed E-state index contributed by atoms with van der Waals surface area (Å²) in [6.45, 7) is 5.31. The molecular weight excluding hydrogens is 304 g/mol. The number of hydrogen-bond donors (Lipinski definition) is 1. The highest BCUT2D eigenvalue weighted by molar-refractivity contribution is 7.91. The van der Waals surface area contributed by atoms with E-state index in [1.165, 1.54) is 11.3 Å². The van der Waals surface area contributed by atoms with Gasteiger partial charge in [-0.3, -0.25) is 0 Å². The molecule has 1 aliphatic rings. The first-order valence-electron chi connectivity index (χ1n) is 7.75. The fourth-order valence-corrected chi connectivity index (χ4v) is 6.23. The highest BCUT2D eigenvalue weighted by Gasteiger charge is 2.34. The van der Waals surface area contributed by atoms with Gasteiger partial charge in [-0.05, 0) is 43.9 Å². The van der Waals surface area contributed by atoms with Crippen molar-refractivity contribution in [1.82, 2.24) is 4.31 Å². The molecule has 1 fully saturated rings. The topological polar surface area (TPSA) is 63.4 Å². The van der Waals surface area contributed by atoms with Gasteiger partial charge in [0, 0.05) is 17.5 Å². The second-order valence-electron chi connectivity index (χ2n) is 6.17. The number of thiophene rings is 1. The molecule has 2 rings (SSSR count). The number of rotatable bonds is 7. The first-order chi connectivity index (χ1) is 9.95. The second kappa shape index (κ2) is 7.22. The van der Waals surface area contributed by atoms with Crippen molar-refractivity contribution in [3.05, 3.63) is 17.0 Å². The summed E-state index contributed by atoms with van der Waals surface area (Å²) in [5, 5.41) is 0. The van der Waals surface area contributed by atoms with Crippen molar-refractivity contribution in [3.63, 3.8) is 0 Å². The van der Waals surface area contributed by atoms with Crippen LogP contribution in [0.1, 0.15) is 44.4 Å². The van der Waals surface area contributed by atoms with Crippen LogP contribution in [0.5, 0.6) is 0 Å². The highest BCUT2D eigenvalue weighted by atomic mass is 32.2. The summed E-state index contributed by atoms with van der Waals surface area (Å²) in [5.74, 6) is 0.337. The van der Waals surface area contributed by atoms with E-state index in [0.717, 1.165) is 37.0 Å². The Morgan fingerprint density at radius 1 is 1.33 bits per heavy atom. The van der Waals surface area contributed by atoms with Gasteiger partial charge in [0.1, 0.15) is 4.21 Å². The first-order valence-corrected chi connectivity index (χ1v) is 10.0. The van der Waals surface area contributed by atoms with Crippen LogP contribution in [-0.4, -0.2) is 31.9 Å². The zero-order chi connectivity index (χ0) is 15.5. The van der Waals surface area contributed by atoms with Gasteiger partial charge in [-0.1, -0.05) is 26.7 Å². The zero-order valence-electron chi connectivity index (χ0n) is 12.9. The van der Waals surface area contributed by atoms with Crippen LogP contribution in [0.25, 0.3) is 0 Å². The molecule has 1 aromatic rings. The lowest BCUT2D eigenvalue weighted by molar-refractivity contribution is 0.293. The van der Waals surface area contributed by atoms with E-state index in [-0.39, 0.29) is 6.04 Å². The van der Waals surface area contributed by atoms with Crippen LogP contribution in [0.4, 0.5) is 0 Å². The fourth-order valence-electron chi connectivity index (χ4n) is 2.88. The van der Waals surface area contributed by atoms with E-state index < -0.39 is 10.0 Å². The molecule has 0 atom stereocenters. The van der Waals surface area contributed by atoms with E-state index in [9.17, 15) is 8.42 Å². The minimum atomic E-state index is -3.37. The summed E-state index contributed by atoms with van der Waals surface area (Å²) in [5.41, 5.74) is 5.55. The number of hydrogen-bond acceptors (Lipinski definition) is 4. The minimum Gasteiger partial charge on any atom is -0.330 e. The molecule has 4 nitrogen and oxygen atoms in total. The Morgan fingerprint density at radius 2 is 2.00 bits per heavy atom. The standard InChI is InChI=1S/C15H26N2O2S2/c1-12(2)11-17(13-5-3-4-6-13)21(18,19)15-8-7-14(20-15)9-10-16/h7-8,12-13H,3-6,9-11,16H2,1-2H3. The largest absolute Gasteiger partial charge is 0.330 e. The Hall–Kier alpha value is -0.430. The highest BCUT2D eigenvalue weighted by Crippen LogP contribution is 2.32. The predicted molar refractivity (Wildman–Crippen MR) is 88.1 cm³/mol. The molecule has 2 N–H and O–H groups in total. The van der Waals surface area contributed by atoms with E-state index in [4.69, 9.17) is 5.73 Å². The Balaban J connectivity index is 2.26. The van der Waals surface area contributed by atoms with Gasteiger partial charge in [0.2, 0.25) is 0 Å². The van der Waals surface area contributed by atoms with Gasteiger partial charge in [-0.25, -0.2) is 8.42 Å². The molecule has 1 saturated carbocycles. The molecule has 0 amide bonds. The van der Waals surface area contributed by atoms with Crippen molar-refractivity contribution in [1.29, 1.82) is 0 Å². The van der Waals surface area contributed by atoms with Gasteiger partial charge in [0.15, 0.2) is 0 Å². The van der Waals surface area contributed by atoms with Crippen molar-refractivity contribution in [3.8, 4) is 0 Å². The van der Waals surface area contributed by atoms with Gasteiger partial charge in [0.05, 0.1) is 0 Å². The van der Waals surface area contributed by atoms with E-state index >= 15 is 0 Å². The normalized spacial score (nSPS) is 17.2. The number of nitrogens with two attached hydrogens (primary N) is 1. The quantitative estimate of drug-likeness (QED) is 0.836. The number of sulfonamides is 1. The van der Waals surface area contributed by atoms with E-state index in [1.54, 1.807) is 10.4 Å². The van der Waals surface area contributed by atoms with Crippen molar-refractivity contribution >= 4 is 21.4 Å². The summed E-state index contributed by atoms with van der Waals surface area (Å²) >= 11 is 1.37. The maximum Gasteiger partial charge on any atom is 0.252 e. The molecule has 0 saturated heterocycles. The summed E-state index contributed by atoms with van der Waals surface area (Å²) in [4.78, 5) is 1.05. The van der Waals surface area contributed by atoms with Crippen LogP contribution in [0.15, 0.2) is 16.3 Å². The third-order valence-electron chi connectivity index (χ3n) is 3.87. The average molecular weight is 331 g/mol. The third-order valence-corrected chi connectivity index (χ3v) is 7.40. The van der Waals surface area contributed by atoms with Crippen LogP contribution in [0.2, 0.25) is 0 Å². The average Bonchev–Trinajstić information content (AvgIpc) is 3.07. The van der Waals surface area contributed by atoms with Crippen molar-refractivity contribution in [2.75, 3.05) is 13.1 Å². The summed E-state index contributed by atoms with van der Waals surface area (Å²) in [6, 6.07) is 3.82. The van der Waals surface area contributed by atoms with Crippen LogP contribution < -0.4 is 5.73 Å². The molecule has 0 aromatic carbocycles. The molecule has 0 aliphatic heterocycles. The van der Waals surface area contributed by atoms with Crippen LogP contribution in [0, 0.1) is 5.92 Å². The molecule has 0 radical (unpaired) electrons. The molecule has 1 aliphatic carbocycles. The van der Waals surface area contributed by atoms with Gasteiger partial charge in [-0.2, -0.15) is 4.31 Å². The van der Waals surface area contributed by atoms with Gasteiger partial charge in [-0.15, -0.1) is 11.3 Å². The zero-order valence-corrected chi connectivity index (χ0v) is 14.5. The Morgan fingerprint density at radius 3 is 2.57 bits per heavy atom. The van der Waals surface area contributed by atoms with Gasteiger partial charge < -0.3 is 5.73 Å². The van der Waals surface area contributed by atoms with E-state index in [1.807, 2.05) is 6.07 Å². The van der Waals surface area contributed by atoms with E-state index in [2.05, 4.69) is 13.8 Å². The lowest BCUT2D eigenvalue weighted by atomic mass is 10.2. The molecule has 1 heterocycles. The molecule has 0 spiro atoms. The fraction of sp³-hybridized carbons (Fsp3) is 0.733. The molecule has 120 valence electrons. The Kier molecular flexibility index (Phi) is 5.82. The lowest BCUT2D eigenvalue weighted by Gasteiger charge is -2.29. The van der Waals surface area contributed by atoms with Crippen LogP contribution >= 0.6 is 11.3 Å². The molecule has 21 heavy (non-hydrogen) atoms. The molecule has 0 bridgehead atoms. The Bertz CT molecular complexity index is 546. The molecule has 6 heteroatoms. The second-order valence-corrected chi connectivity index (χ2v) is 9.45. The summed E-state index contributed by atoms with van der Waals surface area (Å²) in [6.07, 6.45) is 5.00.